The van der Waals surface area contributed by atoms with E-state index in [4.69, 9.17) is 5.11 Å². The van der Waals surface area contributed by atoms with E-state index in [1.54, 1.807) is 0 Å². The van der Waals surface area contributed by atoms with E-state index in [2.05, 4.69) is 15.9 Å². The molecule has 1 rings (SSSR count). The lowest BCUT2D eigenvalue weighted by molar-refractivity contribution is -0.139. The van der Waals surface area contributed by atoms with Gasteiger partial charge in [-0.1, -0.05) is 0 Å². The van der Waals surface area contributed by atoms with E-state index in [0.29, 0.717) is 3.79 Å². The third-order valence-electron chi connectivity index (χ3n) is 2.19. The quantitative estimate of drug-likeness (QED) is 0.688. The first-order valence-electron chi connectivity index (χ1n) is 5.19. The van der Waals surface area contributed by atoms with E-state index in [1.165, 1.54) is 12.1 Å². The molecule has 1 unspecified atom stereocenters. The highest BCUT2D eigenvalue weighted by atomic mass is 79.9. The predicted molar refractivity (Wildman–Crippen MR) is 78.1 cm³/mol. The lowest BCUT2D eigenvalue weighted by Gasteiger charge is -2.13. The second kappa shape index (κ2) is 6.52. The summed E-state index contributed by atoms with van der Waals surface area (Å²) in [4.78, 5) is 11.0. The number of rotatable bonds is 7. The summed E-state index contributed by atoms with van der Waals surface area (Å²) < 4.78 is 48.5. The summed E-state index contributed by atoms with van der Waals surface area (Å²) in [5.41, 5.74) is 0. The number of thiophene rings is 1. The molecule has 1 atom stereocenters. The summed E-state index contributed by atoms with van der Waals surface area (Å²) in [5, 5.41) is 8.96. The van der Waals surface area contributed by atoms with E-state index < -0.39 is 37.6 Å². The van der Waals surface area contributed by atoms with Crippen LogP contribution in [0, 0.1) is 0 Å². The van der Waals surface area contributed by atoms with Gasteiger partial charge in [0.25, 0.3) is 10.0 Å². The van der Waals surface area contributed by atoms with Crippen LogP contribution in [0.1, 0.15) is 6.42 Å². The van der Waals surface area contributed by atoms with Crippen molar-refractivity contribution in [1.82, 2.24) is 4.72 Å². The number of aliphatic carboxylic acids is 1. The Morgan fingerprint density at radius 3 is 2.40 bits per heavy atom. The Hall–Kier alpha value is -0.490. The van der Waals surface area contributed by atoms with Crippen molar-refractivity contribution < 1.29 is 26.7 Å². The van der Waals surface area contributed by atoms with Gasteiger partial charge in [0.1, 0.15) is 20.1 Å². The van der Waals surface area contributed by atoms with Crippen molar-refractivity contribution in [3.63, 3.8) is 0 Å². The minimum absolute atomic E-state index is 0.0463. The topological polar surface area (TPSA) is 118 Å². The zero-order valence-corrected chi connectivity index (χ0v) is 14.3. The number of nitrogens with one attached hydrogen (secondary N) is 1. The van der Waals surface area contributed by atoms with E-state index in [9.17, 15) is 21.6 Å². The van der Waals surface area contributed by atoms with Crippen molar-refractivity contribution in [2.75, 3.05) is 12.0 Å². The van der Waals surface area contributed by atoms with E-state index >= 15 is 0 Å². The maximum Gasteiger partial charge on any atom is 0.321 e. The highest BCUT2D eigenvalue weighted by molar-refractivity contribution is 9.11. The van der Waals surface area contributed by atoms with Crippen LogP contribution in [0.25, 0.3) is 0 Å². The Balaban J connectivity index is 2.88. The fraction of sp³-hybridized carbons (Fsp3) is 0.444. The van der Waals surface area contributed by atoms with Gasteiger partial charge in [-0.25, -0.2) is 16.8 Å². The first-order valence-corrected chi connectivity index (χ1v) is 10.3. The van der Waals surface area contributed by atoms with Crippen LogP contribution in [0.5, 0.6) is 0 Å². The maximum absolute atomic E-state index is 12.0. The Labute approximate surface area is 129 Å². The Kier molecular flexibility index (Phi) is 5.72. The van der Waals surface area contributed by atoms with Crippen molar-refractivity contribution >= 4 is 53.1 Å². The molecule has 0 aliphatic rings. The van der Waals surface area contributed by atoms with Crippen molar-refractivity contribution in [2.24, 2.45) is 0 Å². The van der Waals surface area contributed by atoms with Crippen LogP contribution in [0.3, 0.4) is 0 Å². The molecule has 0 spiro atoms. The van der Waals surface area contributed by atoms with Crippen molar-refractivity contribution in [3.8, 4) is 0 Å². The van der Waals surface area contributed by atoms with Crippen LogP contribution in [-0.4, -0.2) is 46.0 Å². The molecule has 0 amide bonds. The average molecular weight is 406 g/mol. The third kappa shape index (κ3) is 5.48. The van der Waals surface area contributed by atoms with E-state index in [-0.39, 0.29) is 10.6 Å². The highest BCUT2D eigenvalue weighted by Crippen LogP contribution is 2.26. The van der Waals surface area contributed by atoms with Crippen LogP contribution < -0.4 is 4.72 Å². The first kappa shape index (κ1) is 17.6. The second-order valence-corrected chi connectivity index (χ2v) is 10.7. The van der Waals surface area contributed by atoms with Crippen LogP contribution in [0.15, 0.2) is 20.1 Å². The fourth-order valence-electron chi connectivity index (χ4n) is 1.25. The third-order valence-corrected chi connectivity index (χ3v) is 6.75. The molecule has 0 aliphatic carbocycles. The molecule has 11 heteroatoms. The second-order valence-electron chi connectivity index (χ2n) is 3.99. The van der Waals surface area contributed by atoms with Gasteiger partial charge in [-0.05, 0) is 34.5 Å². The zero-order chi connectivity index (χ0) is 15.6. The van der Waals surface area contributed by atoms with Gasteiger partial charge in [0.2, 0.25) is 0 Å². The monoisotopic (exact) mass is 405 g/mol. The molecule has 0 saturated carbocycles. The molecule has 1 aromatic rings. The van der Waals surface area contributed by atoms with Gasteiger partial charge in [0.05, 0.1) is 9.54 Å². The normalized spacial score (nSPS) is 14.1. The van der Waals surface area contributed by atoms with Gasteiger partial charge in [0, 0.05) is 6.26 Å². The number of carboxylic acid groups (broad SMARTS) is 1. The lowest BCUT2D eigenvalue weighted by atomic mass is 10.2. The Morgan fingerprint density at radius 1 is 1.40 bits per heavy atom. The van der Waals surface area contributed by atoms with Crippen LogP contribution in [0.4, 0.5) is 0 Å². The van der Waals surface area contributed by atoms with E-state index in [1.807, 2.05) is 4.72 Å². The standard InChI is InChI=1S/C9H12BrNO6S3/c1-19(14,15)5-4-6(9(12)13)11-20(16,17)8-3-2-7(10)18-8/h2-3,6,11H,4-5H2,1H3,(H,12,13). The molecule has 0 saturated heterocycles. The maximum atomic E-state index is 12.0. The molecule has 0 aliphatic heterocycles. The molecular formula is C9H12BrNO6S3. The van der Waals surface area contributed by atoms with Crippen LogP contribution >= 0.6 is 27.3 Å². The fourth-order valence-corrected chi connectivity index (χ4v) is 5.17. The summed E-state index contributed by atoms with van der Waals surface area (Å²) in [6, 6.07) is 1.36. The number of carboxylic acids is 1. The largest absolute Gasteiger partial charge is 0.480 e. The summed E-state index contributed by atoms with van der Waals surface area (Å²) in [5.74, 6) is -1.84. The summed E-state index contributed by atoms with van der Waals surface area (Å²) in [6.45, 7) is 0. The Morgan fingerprint density at radius 2 is 2.00 bits per heavy atom. The zero-order valence-electron chi connectivity index (χ0n) is 10.2. The number of hydrogen-bond acceptors (Lipinski definition) is 6. The molecule has 7 nitrogen and oxygen atoms in total. The molecule has 114 valence electrons. The van der Waals surface area contributed by atoms with Gasteiger partial charge < -0.3 is 5.11 Å². The van der Waals surface area contributed by atoms with Gasteiger partial charge in [-0.2, -0.15) is 4.72 Å². The summed E-state index contributed by atoms with van der Waals surface area (Å²) in [7, 11) is -7.36. The van der Waals surface area contributed by atoms with Crippen LogP contribution in [0.2, 0.25) is 0 Å². The lowest BCUT2D eigenvalue weighted by Crippen LogP contribution is -2.41. The van der Waals surface area contributed by atoms with Gasteiger partial charge >= 0.3 is 5.97 Å². The number of carbonyl (C=O) groups is 1. The predicted octanol–water partition coefficient (Wildman–Crippen LogP) is 0.677. The molecule has 0 fully saturated rings. The molecular weight excluding hydrogens is 394 g/mol. The average Bonchev–Trinajstić information content (AvgIpc) is 2.70. The van der Waals surface area contributed by atoms with Gasteiger partial charge in [-0.3, -0.25) is 4.79 Å². The molecule has 2 N–H and O–H groups in total. The molecule has 0 bridgehead atoms. The minimum Gasteiger partial charge on any atom is -0.480 e. The molecule has 1 aromatic heterocycles. The smallest absolute Gasteiger partial charge is 0.321 e. The van der Waals surface area contributed by atoms with Gasteiger partial charge in [-0.15, -0.1) is 11.3 Å². The minimum atomic E-state index is -3.99. The number of sulfone groups is 1. The van der Waals surface area contributed by atoms with Gasteiger partial charge in [0.15, 0.2) is 0 Å². The van der Waals surface area contributed by atoms with Crippen molar-refractivity contribution in [2.45, 2.75) is 16.7 Å². The SMILES string of the molecule is CS(=O)(=O)CCC(NS(=O)(=O)c1ccc(Br)s1)C(=O)O. The van der Waals surface area contributed by atoms with Crippen molar-refractivity contribution in [1.29, 1.82) is 0 Å². The molecule has 1 heterocycles. The number of hydrogen-bond donors (Lipinski definition) is 2. The van der Waals surface area contributed by atoms with Crippen molar-refractivity contribution in [3.05, 3.63) is 15.9 Å². The number of sulfonamides is 1. The highest BCUT2D eigenvalue weighted by Gasteiger charge is 2.27. The first-order chi connectivity index (χ1) is 9.01. The molecule has 0 aromatic carbocycles. The molecule has 0 radical (unpaired) electrons. The number of halogens is 1. The van der Waals surface area contributed by atoms with E-state index in [0.717, 1.165) is 17.6 Å². The van der Waals surface area contributed by atoms with Crippen LogP contribution in [-0.2, 0) is 24.7 Å². The Bertz CT molecular complexity index is 693. The molecule has 20 heavy (non-hydrogen) atoms. The summed E-state index contributed by atoms with van der Waals surface area (Å²) in [6.07, 6.45) is 0.622. The summed E-state index contributed by atoms with van der Waals surface area (Å²) >= 11 is 4.03.